The summed E-state index contributed by atoms with van der Waals surface area (Å²) in [5.41, 5.74) is 2.62. The fourth-order valence-electron chi connectivity index (χ4n) is 1.84. The molecular formula is C13H10N2O2. The molecule has 84 valence electrons. The quantitative estimate of drug-likeness (QED) is 0.826. The molecule has 1 heterocycles. The Morgan fingerprint density at radius 2 is 2.12 bits per heavy atom. The third kappa shape index (κ3) is 1.79. The van der Waals surface area contributed by atoms with Crippen LogP contribution in [-0.2, 0) is 0 Å². The largest absolute Gasteiger partial charge is 0.478 e. The predicted molar refractivity (Wildman–Crippen MR) is 62.6 cm³/mol. The average Bonchev–Trinajstić information content (AvgIpc) is 2.71. The highest BCUT2D eigenvalue weighted by Gasteiger charge is 2.17. The number of aromatic nitrogens is 1. The van der Waals surface area contributed by atoms with Crippen molar-refractivity contribution in [1.82, 2.24) is 4.98 Å². The van der Waals surface area contributed by atoms with Crippen LogP contribution in [0.25, 0.3) is 11.1 Å². The van der Waals surface area contributed by atoms with Crippen LogP contribution in [0.5, 0.6) is 0 Å². The summed E-state index contributed by atoms with van der Waals surface area (Å²) >= 11 is 0. The molecule has 0 aliphatic carbocycles. The Morgan fingerprint density at radius 3 is 2.76 bits per heavy atom. The number of carboxylic acid groups (broad SMARTS) is 1. The molecule has 1 aromatic heterocycles. The third-order valence-electron chi connectivity index (χ3n) is 2.62. The van der Waals surface area contributed by atoms with E-state index in [0.29, 0.717) is 16.7 Å². The van der Waals surface area contributed by atoms with E-state index in [2.05, 4.69) is 11.1 Å². The van der Waals surface area contributed by atoms with Crippen molar-refractivity contribution in [3.63, 3.8) is 0 Å². The number of nitriles is 1. The van der Waals surface area contributed by atoms with E-state index < -0.39 is 5.97 Å². The maximum atomic E-state index is 11.1. The molecule has 0 saturated heterocycles. The number of hydrogen-bond donors (Lipinski definition) is 2. The summed E-state index contributed by atoms with van der Waals surface area (Å²) in [5, 5.41) is 18.1. The van der Waals surface area contributed by atoms with Gasteiger partial charge in [0.25, 0.3) is 0 Å². The summed E-state index contributed by atoms with van der Waals surface area (Å²) in [4.78, 5) is 14.0. The first-order chi connectivity index (χ1) is 8.15. The molecule has 0 fully saturated rings. The summed E-state index contributed by atoms with van der Waals surface area (Å²) in [7, 11) is 0. The van der Waals surface area contributed by atoms with Gasteiger partial charge in [0.1, 0.15) is 0 Å². The lowest BCUT2D eigenvalue weighted by molar-refractivity contribution is 0.0698. The van der Waals surface area contributed by atoms with E-state index in [0.717, 1.165) is 5.69 Å². The van der Waals surface area contributed by atoms with Gasteiger partial charge in [-0.2, -0.15) is 5.26 Å². The number of H-pyrrole nitrogens is 1. The van der Waals surface area contributed by atoms with E-state index in [1.807, 2.05) is 0 Å². The average molecular weight is 226 g/mol. The van der Waals surface area contributed by atoms with Gasteiger partial charge in [0, 0.05) is 23.0 Å². The second-order valence-corrected chi connectivity index (χ2v) is 3.66. The number of nitrogens with one attached hydrogen (secondary N) is 1. The molecule has 0 aliphatic heterocycles. The molecule has 0 amide bonds. The van der Waals surface area contributed by atoms with Gasteiger partial charge in [0.2, 0.25) is 0 Å². The molecule has 1 aromatic carbocycles. The molecular weight excluding hydrogens is 216 g/mol. The lowest BCUT2D eigenvalue weighted by Crippen LogP contribution is -1.97. The van der Waals surface area contributed by atoms with Crippen molar-refractivity contribution in [3.8, 4) is 17.2 Å². The lowest BCUT2D eigenvalue weighted by atomic mass is 9.97. The number of carbonyl (C=O) groups is 1. The number of aryl methyl sites for hydroxylation is 1. The Kier molecular flexibility index (Phi) is 2.67. The first kappa shape index (κ1) is 11.0. The second-order valence-electron chi connectivity index (χ2n) is 3.66. The molecule has 17 heavy (non-hydrogen) atoms. The number of benzene rings is 1. The molecule has 0 bridgehead atoms. The standard InChI is InChI=1S/C13H10N2O2/c1-8-12(11(7-15-8)13(16)17)10-5-3-2-4-9(10)6-14/h2-5,7,15H,1H3,(H,16,17). The SMILES string of the molecule is Cc1[nH]cc(C(=O)O)c1-c1ccccc1C#N. The number of aromatic amines is 1. The molecule has 0 spiro atoms. The number of carboxylic acids is 1. The minimum atomic E-state index is -1.00. The van der Waals surface area contributed by atoms with Gasteiger partial charge in [-0.05, 0) is 13.0 Å². The van der Waals surface area contributed by atoms with Crippen molar-refractivity contribution in [2.24, 2.45) is 0 Å². The Labute approximate surface area is 98.1 Å². The third-order valence-corrected chi connectivity index (χ3v) is 2.62. The van der Waals surface area contributed by atoms with E-state index in [9.17, 15) is 4.79 Å². The minimum absolute atomic E-state index is 0.185. The van der Waals surface area contributed by atoms with Crippen LogP contribution in [0.4, 0.5) is 0 Å². The van der Waals surface area contributed by atoms with E-state index >= 15 is 0 Å². The number of hydrogen-bond acceptors (Lipinski definition) is 2. The normalized spacial score (nSPS) is 9.88. The summed E-state index contributed by atoms with van der Waals surface area (Å²) < 4.78 is 0. The van der Waals surface area contributed by atoms with Crippen LogP contribution in [0.1, 0.15) is 21.6 Å². The molecule has 0 saturated carbocycles. The first-order valence-electron chi connectivity index (χ1n) is 5.06. The van der Waals surface area contributed by atoms with Gasteiger partial charge < -0.3 is 10.1 Å². The summed E-state index contributed by atoms with van der Waals surface area (Å²) in [5.74, 6) is -1.00. The van der Waals surface area contributed by atoms with Crippen molar-refractivity contribution >= 4 is 5.97 Å². The number of rotatable bonds is 2. The van der Waals surface area contributed by atoms with Gasteiger partial charge in [0.05, 0.1) is 17.2 Å². The van der Waals surface area contributed by atoms with Crippen LogP contribution in [0.3, 0.4) is 0 Å². The first-order valence-corrected chi connectivity index (χ1v) is 5.06. The fraction of sp³-hybridized carbons (Fsp3) is 0.0769. The van der Waals surface area contributed by atoms with Gasteiger partial charge in [0.15, 0.2) is 0 Å². The Bertz CT molecular complexity index is 621. The van der Waals surface area contributed by atoms with E-state index in [4.69, 9.17) is 10.4 Å². The summed E-state index contributed by atoms with van der Waals surface area (Å²) in [6.07, 6.45) is 1.45. The van der Waals surface area contributed by atoms with Crippen molar-refractivity contribution in [1.29, 1.82) is 5.26 Å². The topological polar surface area (TPSA) is 76.9 Å². The molecule has 0 unspecified atom stereocenters. The maximum Gasteiger partial charge on any atom is 0.337 e. The summed E-state index contributed by atoms with van der Waals surface area (Å²) in [6.45, 7) is 1.79. The van der Waals surface area contributed by atoms with Crippen molar-refractivity contribution in [2.45, 2.75) is 6.92 Å². The van der Waals surface area contributed by atoms with Crippen LogP contribution in [0.2, 0.25) is 0 Å². The molecule has 4 nitrogen and oxygen atoms in total. The Balaban J connectivity index is 2.73. The van der Waals surface area contributed by atoms with Crippen molar-refractivity contribution in [2.75, 3.05) is 0 Å². The van der Waals surface area contributed by atoms with Gasteiger partial charge in [-0.25, -0.2) is 4.79 Å². The zero-order valence-corrected chi connectivity index (χ0v) is 9.19. The van der Waals surface area contributed by atoms with Crippen LogP contribution < -0.4 is 0 Å². The van der Waals surface area contributed by atoms with Gasteiger partial charge >= 0.3 is 5.97 Å². The molecule has 4 heteroatoms. The molecule has 2 aromatic rings. The smallest absolute Gasteiger partial charge is 0.337 e. The maximum absolute atomic E-state index is 11.1. The van der Waals surface area contributed by atoms with E-state index in [1.165, 1.54) is 6.20 Å². The summed E-state index contributed by atoms with van der Waals surface area (Å²) in [6, 6.07) is 9.04. The Hall–Kier alpha value is -2.54. The van der Waals surface area contributed by atoms with Gasteiger partial charge in [-0.15, -0.1) is 0 Å². The molecule has 2 N–H and O–H groups in total. The van der Waals surface area contributed by atoms with E-state index in [1.54, 1.807) is 31.2 Å². The number of aromatic carboxylic acids is 1. The fourth-order valence-corrected chi connectivity index (χ4v) is 1.84. The molecule has 0 aliphatic rings. The van der Waals surface area contributed by atoms with Gasteiger partial charge in [-0.1, -0.05) is 18.2 Å². The Morgan fingerprint density at radius 1 is 1.41 bits per heavy atom. The van der Waals surface area contributed by atoms with Gasteiger partial charge in [-0.3, -0.25) is 0 Å². The molecule has 0 atom stereocenters. The zero-order chi connectivity index (χ0) is 12.4. The monoisotopic (exact) mass is 226 g/mol. The highest BCUT2D eigenvalue weighted by atomic mass is 16.4. The highest BCUT2D eigenvalue weighted by Crippen LogP contribution is 2.29. The van der Waals surface area contributed by atoms with Crippen LogP contribution in [0.15, 0.2) is 30.5 Å². The van der Waals surface area contributed by atoms with Crippen LogP contribution >= 0.6 is 0 Å². The van der Waals surface area contributed by atoms with Crippen molar-refractivity contribution in [3.05, 3.63) is 47.3 Å². The highest BCUT2D eigenvalue weighted by molar-refractivity contribution is 5.97. The zero-order valence-electron chi connectivity index (χ0n) is 9.19. The molecule has 0 radical (unpaired) electrons. The minimum Gasteiger partial charge on any atom is -0.478 e. The van der Waals surface area contributed by atoms with Crippen molar-refractivity contribution < 1.29 is 9.90 Å². The molecule has 2 rings (SSSR count). The predicted octanol–water partition coefficient (Wildman–Crippen LogP) is 2.56. The lowest BCUT2D eigenvalue weighted by Gasteiger charge is -2.04. The van der Waals surface area contributed by atoms with E-state index in [-0.39, 0.29) is 5.56 Å². The van der Waals surface area contributed by atoms with Crippen LogP contribution in [0, 0.1) is 18.3 Å². The second kappa shape index (κ2) is 4.14. The number of nitrogens with zero attached hydrogens (tertiary/aromatic N) is 1. The van der Waals surface area contributed by atoms with Crippen LogP contribution in [-0.4, -0.2) is 16.1 Å².